The third-order valence-corrected chi connectivity index (χ3v) is 3.36. The zero-order chi connectivity index (χ0) is 12.4. The molecule has 0 atom stereocenters. The van der Waals surface area contributed by atoms with Crippen LogP contribution >= 0.6 is 11.3 Å². The first-order chi connectivity index (χ1) is 8.83. The highest BCUT2D eigenvalue weighted by Gasteiger charge is 2.09. The first-order valence-corrected chi connectivity index (χ1v) is 6.22. The van der Waals surface area contributed by atoms with Gasteiger partial charge < -0.3 is 0 Å². The molecule has 0 saturated heterocycles. The third kappa shape index (κ3) is 2.08. The van der Waals surface area contributed by atoms with Crippen molar-refractivity contribution in [1.29, 1.82) is 0 Å². The van der Waals surface area contributed by atoms with Gasteiger partial charge in [0.1, 0.15) is 5.69 Å². The Hall–Kier alpha value is -2.27. The molecule has 0 bridgehead atoms. The molecule has 0 unspecified atom stereocenters. The van der Waals surface area contributed by atoms with Gasteiger partial charge in [0.15, 0.2) is 5.13 Å². The second kappa shape index (κ2) is 4.54. The summed E-state index contributed by atoms with van der Waals surface area (Å²) in [7, 11) is 0. The molecule has 0 spiro atoms. The number of hydrogen-bond donors (Lipinski definition) is 1. The molecule has 5 heteroatoms. The summed E-state index contributed by atoms with van der Waals surface area (Å²) in [4.78, 5) is 20.2. The van der Waals surface area contributed by atoms with Gasteiger partial charge in [-0.25, -0.2) is 4.98 Å². The Kier molecular flexibility index (Phi) is 2.74. The summed E-state index contributed by atoms with van der Waals surface area (Å²) in [5, 5.41) is 3.34. The molecule has 1 amide bonds. The van der Waals surface area contributed by atoms with Crippen molar-refractivity contribution in [2.45, 2.75) is 0 Å². The molecule has 0 aliphatic heterocycles. The Morgan fingerprint density at radius 2 is 1.94 bits per heavy atom. The molecule has 18 heavy (non-hydrogen) atoms. The summed E-state index contributed by atoms with van der Waals surface area (Å²) >= 11 is 1.45. The van der Waals surface area contributed by atoms with E-state index in [2.05, 4.69) is 15.3 Å². The van der Waals surface area contributed by atoms with Gasteiger partial charge in [0, 0.05) is 6.20 Å². The molecule has 2 aromatic heterocycles. The van der Waals surface area contributed by atoms with Crippen LogP contribution in [0.5, 0.6) is 0 Å². The van der Waals surface area contributed by atoms with Crippen molar-refractivity contribution in [1.82, 2.24) is 9.97 Å². The lowest BCUT2D eigenvalue weighted by atomic mass is 10.3. The van der Waals surface area contributed by atoms with Crippen LogP contribution in [0, 0.1) is 0 Å². The van der Waals surface area contributed by atoms with E-state index in [1.54, 1.807) is 24.4 Å². The number of hydrogen-bond acceptors (Lipinski definition) is 4. The monoisotopic (exact) mass is 255 g/mol. The van der Waals surface area contributed by atoms with Crippen LogP contribution in [0.15, 0.2) is 48.7 Å². The van der Waals surface area contributed by atoms with Crippen molar-refractivity contribution in [2.75, 3.05) is 5.32 Å². The SMILES string of the molecule is O=C(Nc1nc2ccccc2s1)c1ccccn1. The summed E-state index contributed by atoms with van der Waals surface area (Å²) in [5.74, 6) is -0.241. The number of benzene rings is 1. The maximum absolute atomic E-state index is 11.9. The number of para-hydroxylation sites is 1. The smallest absolute Gasteiger partial charge is 0.276 e. The molecular weight excluding hydrogens is 246 g/mol. The predicted molar refractivity (Wildman–Crippen MR) is 71.8 cm³/mol. The number of rotatable bonds is 2. The largest absolute Gasteiger partial charge is 0.296 e. The van der Waals surface area contributed by atoms with E-state index >= 15 is 0 Å². The predicted octanol–water partition coefficient (Wildman–Crippen LogP) is 2.94. The first kappa shape index (κ1) is 10.9. The van der Waals surface area contributed by atoms with E-state index in [0.717, 1.165) is 10.2 Å². The second-order valence-corrected chi connectivity index (χ2v) is 4.69. The van der Waals surface area contributed by atoms with Crippen LogP contribution in [-0.2, 0) is 0 Å². The minimum atomic E-state index is -0.241. The van der Waals surface area contributed by atoms with Crippen LogP contribution in [0.25, 0.3) is 10.2 Å². The summed E-state index contributed by atoms with van der Waals surface area (Å²) in [5.41, 5.74) is 1.27. The van der Waals surface area contributed by atoms with Crippen molar-refractivity contribution in [2.24, 2.45) is 0 Å². The van der Waals surface area contributed by atoms with Crippen LogP contribution in [0.4, 0.5) is 5.13 Å². The number of aromatic nitrogens is 2. The Balaban J connectivity index is 1.86. The van der Waals surface area contributed by atoms with Gasteiger partial charge in [0.05, 0.1) is 10.2 Å². The van der Waals surface area contributed by atoms with Crippen LogP contribution in [-0.4, -0.2) is 15.9 Å². The van der Waals surface area contributed by atoms with Gasteiger partial charge in [-0.3, -0.25) is 15.1 Å². The molecule has 3 rings (SSSR count). The highest BCUT2D eigenvalue weighted by molar-refractivity contribution is 7.22. The molecule has 0 fully saturated rings. The van der Waals surface area contributed by atoms with E-state index in [1.165, 1.54) is 11.3 Å². The second-order valence-electron chi connectivity index (χ2n) is 3.66. The number of carbonyl (C=O) groups excluding carboxylic acids is 1. The molecule has 0 radical (unpaired) electrons. The lowest BCUT2D eigenvalue weighted by Crippen LogP contribution is -2.12. The van der Waals surface area contributed by atoms with E-state index in [1.807, 2.05) is 24.3 Å². The molecule has 1 N–H and O–H groups in total. The Bertz CT molecular complexity index is 661. The molecular formula is C13H9N3OS. The van der Waals surface area contributed by atoms with Crippen molar-refractivity contribution >= 4 is 32.6 Å². The normalized spacial score (nSPS) is 10.4. The number of nitrogens with one attached hydrogen (secondary N) is 1. The van der Waals surface area contributed by atoms with Crippen molar-refractivity contribution in [3.05, 3.63) is 54.4 Å². The average Bonchev–Trinajstić information content (AvgIpc) is 2.82. The summed E-state index contributed by atoms with van der Waals surface area (Å²) in [6.07, 6.45) is 1.59. The highest BCUT2D eigenvalue weighted by Crippen LogP contribution is 2.25. The van der Waals surface area contributed by atoms with Crippen LogP contribution in [0.3, 0.4) is 0 Å². The first-order valence-electron chi connectivity index (χ1n) is 5.41. The number of fused-ring (bicyclic) bond motifs is 1. The van der Waals surface area contributed by atoms with Gasteiger partial charge in [-0.2, -0.15) is 0 Å². The summed E-state index contributed by atoms with van der Waals surface area (Å²) in [6, 6.07) is 13.0. The van der Waals surface area contributed by atoms with Gasteiger partial charge in [0.2, 0.25) is 0 Å². The zero-order valence-corrected chi connectivity index (χ0v) is 10.1. The Labute approximate surface area is 107 Å². The maximum Gasteiger partial charge on any atom is 0.276 e. The molecule has 0 aliphatic carbocycles. The highest BCUT2D eigenvalue weighted by atomic mass is 32.1. The van der Waals surface area contributed by atoms with E-state index in [-0.39, 0.29) is 5.91 Å². The number of carbonyl (C=O) groups is 1. The van der Waals surface area contributed by atoms with Gasteiger partial charge in [-0.15, -0.1) is 0 Å². The number of thiazole rings is 1. The van der Waals surface area contributed by atoms with E-state index in [9.17, 15) is 4.79 Å². The van der Waals surface area contributed by atoms with Crippen molar-refractivity contribution < 1.29 is 4.79 Å². The maximum atomic E-state index is 11.9. The lowest BCUT2D eigenvalue weighted by molar-refractivity contribution is 0.102. The van der Waals surface area contributed by atoms with E-state index in [4.69, 9.17) is 0 Å². The quantitative estimate of drug-likeness (QED) is 0.766. The fourth-order valence-electron chi connectivity index (χ4n) is 1.58. The van der Waals surface area contributed by atoms with E-state index < -0.39 is 0 Å². The minimum Gasteiger partial charge on any atom is -0.296 e. The fraction of sp³-hybridized carbons (Fsp3) is 0. The van der Waals surface area contributed by atoms with Crippen molar-refractivity contribution in [3.63, 3.8) is 0 Å². The molecule has 0 aliphatic rings. The van der Waals surface area contributed by atoms with Gasteiger partial charge in [-0.05, 0) is 24.3 Å². The zero-order valence-electron chi connectivity index (χ0n) is 9.33. The fourth-order valence-corrected chi connectivity index (χ4v) is 2.44. The third-order valence-electron chi connectivity index (χ3n) is 2.41. The van der Waals surface area contributed by atoms with Crippen LogP contribution < -0.4 is 5.32 Å². The molecule has 1 aromatic carbocycles. The standard InChI is InChI=1S/C13H9N3OS/c17-12(10-6-3-4-8-14-10)16-13-15-9-5-1-2-7-11(9)18-13/h1-8H,(H,15,16,17). The molecule has 2 heterocycles. The summed E-state index contributed by atoms with van der Waals surface area (Å²) < 4.78 is 1.05. The number of anilines is 1. The molecule has 0 saturated carbocycles. The van der Waals surface area contributed by atoms with Crippen molar-refractivity contribution in [3.8, 4) is 0 Å². The Morgan fingerprint density at radius 3 is 2.72 bits per heavy atom. The number of pyridine rings is 1. The Morgan fingerprint density at radius 1 is 1.11 bits per heavy atom. The lowest BCUT2D eigenvalue weighted by Gasteiger charge is -1.99. The topological polar surface area (TPSA) is 54.9 Å². The minimum absolute atomic E-state index is 0.241. The average molecular weight is 255 g/mol. The summed E-state index contributed by atoms with van der Waals surface area (Å²) in [6.45, 7) is 0. The van der Waals surface area contributed by atoms with Crippen LogP contribution in [0.1, 0.15) is 10.5 Å². The molecule has 88 valence electrons. The van der Waals surface area contributed by atoms with Gasteiger partial charge >= 0.3 is 0 Å². The van der Waals surface area contributed by atoms with Crippen LogP contribution in [0.2, 0.25) is 0 Å². The van der Waals surface area contributed by atoms with Gasteiger partial charge in [-0.1, -0.05) is 29.5 Å². The number of nitrogens with zero attached hydrogens (tertiary/aromatic N) is 2. The van der Waals surface area contributed by atoms with Gasteiger partial charge in [0.25, 0.3) is 5.91 Å². The van der Waals surface area contributed by atoms with E-state index in [0.29, 0.717) is 10.8 Å². The number of amides is 1. The molecule has 3 aromatic rings. The molecule has 4 nitrogen and oxygen atoms in total.